The molecule has 1 heterocycles. The summed E-state index contributed by atoms with van der Waals surface area (Å²) in [5.74, 6) is 0.827. The van der Waals surface area contributed by atoms with E-state index in [1.165, 1.54) is 11.1 Å². The van der Waals surface area contributed by atoms with Crippen molar-refractivity contribution in [2.75, 3.05) is 0 Å². The van der Waals surface area contributed by atoms with Gasteiger partial charge in [-0.1, -0.05) is 65.8 Å². The van der Waals surface area contributed by atoms with Crippen molar-refractivity contribution in [1.82, 2.24) is 4.98 Å². The van der Waals surface area contributed by atoms with Gasteiger partial charge < -0.3 is 6.92 Å². The first-order chi connectivity index (χ1) is 13.9. The van der Waals surface area contributed by atoms with Gasteiger partial charge in [0, 0.05) is 22.8 Å². The summed E-state index contributed by atoms with van der Waals surface area (Å²) in [4.78, 5) is 14.8. The zero-order valence-electron chi connectivity index (χ0n) is 20.6. The molecule has 1 aromatic heterocycles. The van der Waals surface area contributed by atoms with Crippen molar-refractivity contribution < 1.29 is 16.8 Å². The van der Waals surface area contributed by atoms with E-state index in [1.807, 2.05) is 32.0 Å². The van der Waals surface area contributed by atoms with Crippen LogP contribution in [0, 0.1) is 12.3 Å². The van der Waals surface area contributed by atoms with E-state index in [0.29, 0.717) is 11.8 Å². The number of nitrogens with zero attached hydrogens (tertiary/aromatic N) is 3. The van der Waals surface area contributed by atoms with Gasteiger partial charge in [0.1, 0.15) is 0 Å². The van der Waals surface area contributed by atoms with Crippen LogP contribution in [0.2, 0.25) is 0 Å². The molecule has 0 bridgehead atoms. The Morgan fingerprint density at radius 1 is 0.839 bits per heavy atom. The molecular weight excluding hydrogens is 425 g/mol. The summed E-state index contributed by atoms with van der Waals surface area (Å²) in [6, 6.07) is 12.7. The minimum Gasteiger partial charge on any atom is -0.336 e. The summed E-state index contributed by atoms with van der Waals surface area (Å²) in [6.45, 7) is 23.5. The van der Waals surface area contributed by atoms with Crippen LogP contribution in [0.3, 0.4) is 0 Å². The average Bonchev–Trinajstić information content (AvgIpc) is 2.66. The van der Waals surface area contributed by atoms with Crippen LogP contribution >= 0.6 is 0 Å². The molecule has 171 valence electrons. The van der Waals surface area contributed by atoms with E-state index in [2.05, 4.69) is 73.6 Å². The summed E-state index contributed by atoms with van der Waals surface area (Å²) in [7, 11) is 0. The Bertz CT molecular complexity index is 907. The Hall–Kier alpha value is -1.78. The molecule has 0 spiro atoms. The molecule has 1 aromatic carbocycles. The molecule has 0 amide bonds. The second-order valence-electron chi connectivity index (χ2n) is 9.58. The quantitative estimate of drug-likeness (QED) is 0.309. The van der Waals surface area contributed by atoms with Crippen molar-refractivity contribution in [3.63, 3.8) is 0 Å². The SMILES string of the molecule is [CH2-]C(C)(C)[C@@H](C)N=C(C)c1cccc(C(C)=Nc2c(C(C)C)cccc2C(C)C)n1.[Co]. The number of rotatable bonds is 7. The summed E-state index contributed by atoms with van der Waals surface area (Å²) >= 11 is 0. The Labute approximate surface area is 200 Å². The molecule has 1 atom stereocenters. The van der Waals surface area contributed by atoms with Crippen molar-refractivity contribution in [3.8, 4) is 0 Å². The van der Waals surface area contributed by atoms with Gasteiger partial charge >= 0.3 is 0 Å². The van der Waals surface area contributed by atoms with Crippen LogP contribution < -0.4 is 0 Å². The van der Waals surface area contributed by atoms with Gasteiger partial charge in [-0.05, 0) is 55.9 Å². The van der Waals surface area contributed by atoms with E-state index < -0.39 is 0 Å². The predicted molar refractivity (Wildman–Crippen MR) is 132 cm³/mol. The fraction of sp³-hybridized carbons (Fsp3) is 0.481. The van der Waals surface area contributed by atoms with Gasteiger partial charge in [0.2, 0.25) is 0 Å². The Morgan fingerprint density at radius 3 is 1.74 bits per heavy atom. The molecule has 3 nitrogen and oxygen atoms in total. The normalized spacial score (nSPS) is 14.1. The number of hydrogen-bond acceptors (Lipinski definition) is 3. The van der Waals surface area contributed by atoms with E-state index in [9.17, 15) is 0 Å². The van der Waals surface area contributed by atoms with Crippen LogP contribution in [-0.4, -0.2) is 22.4 Å². The molecule has 0 aliphatic rings. The minimum absolute atomic E-state index is 0. The minimum atomic E-state index is -0.121. The molecule has 0 aliphatic heterocycles. The van der Waals surface area contributed by atoms with Crippen LogP contribution in [0.15, 0.2) is 46.4 Å². The molecule has 0 aliphatic carbocycles. The number of hydrogen-bond donors (Lipinski definition) is 0. The number of aliphatic imine (C=N–C) groups is 2. The van der Waals surface area contributed by atoms with Crippen molar-refractivity contribution >= 4 is 17.1 Å². The van der Waals surface area contributed by atoms with E-state index in [4.69, 9.17) is 15.0 Å². The molecule has 0 N–H and O–H groups in total. The van der Waals surface area contributed by atoms with Gasteiger partial charge in [-0.25, -0.2) is 4.98 Å². The van der Waals surface area contributed by atoms with Gasteiger partial charge in [-0.3, -0.25) is 9.98 Å². The number of pyridine rings is 1. The largest absolute Gasteiger partial charge is 0.336 e. The molecule has 0 unspecified atom stereocenters. The third kappa shape index (κ3) is 7.11. The standard InChI is InChI=1S/C27H38N3.Co/c1-17(2)22-13-11-14-23(18(3)4)26(22)29-20(6)25-16-12-15-24(30-25)19(5)28-21(7)27(8,9)10;/h11-18,21H,8H2,1-7,9-10H3;/q-1;/t21-;/m1./s1. The van der Waals surface area contributed by atoms with E-state index in [1.54, 1.807) is 0 Å². The zero-order valence-corrected chi connectivity index (χ0v) is 21.6. The Kier molecular flexibility index (Phi) is 9.84. The first-order valence-electron chi connectivity index (χ1n) is 11.0. The maximum Gasteiger partial charge on any atom is 0.0849 e. The Balaban J connectivity index is 0.00000480. The van der Waals surface area contributed by atoms with Crippen LogP contribution in [0.5, 0.6) is 0 Å². The second-order valence-corrected chi connectivity index (χ2v) is 9.58. The van der Waals surface area contributed by atoms with Gasteiger partial charge in [-0.15, -0.1) is 5.41 Å². The molecule has 1 radical (unpaired) electrons. The zero-order chi connectivity index (χ0) is 22.6. The summed E-state index contributed by atoms with van der Waals surface area (Å²) in [6.07, 6.45) is 0. The van der Waals surface area contributed by atoms with Crippen molar-refractivity contribution in [3.05, 3.63) is 65.8 Å². The molecule has 0 saturated heterocycles. The van der Waals surface area contributed by atoms with Crippen LogP contribution in [0.4, 0.5) is 5.69 Å². The molecular formula is C27H38CoN3-. The van der Waals surface area contributed by atoms with Gasteiger partial charge in [0.05, 0.1) is 28.5 Å². The van der Waals surface area contributed by atoms with Crippen LogP contribution in [-0.2, 0) is 16.8 Å². The molecule has 31 heavy (non-hydrogen) atoms. The maximum absolute atomic E-state index is 5.08. The number of para-hydroxylation sites is 1. The van der Waals surface area contributed by atoms with Crippen molar-refractivity contribution in [1.29, 1.82) is 0 Å². The van der Waals surface area contributed by atoms with Crippen LogP contribution in [0.25, 0.3) is 0 Å². The summed E-state index contributed by atoms with van der Waals surface area (Å²) in [5, 5.41) is 0. The van der Waals surface area contributed by atoms with Crippen LogP contribution in [0.1, 0.15) is 96.7 Å². The first-order valence-corrected chi connectivity index (χ1v) is 11.0. The van der Waals surface area contributed by atoms with Crippen molar-refractivity contribution in [2.45, 2.75) is 80.2 Å². The molecule has 2 rings (SSSR count). The average molecular weight is 464 g/mol. The monoisotopic (exact) mass is 463 g/mol. The summed E-state index contributed by atoms with van der Waals surface area (Å²) in [5.41, 5.74) is 7.15. The molecule has 0 saturated carbocycles. The Morgan fingerprint density at radius 2 is 1.29 bits per heavy atom. The third-order valence-corrected chi connectivity index (χ3v) is 5.63. The molecule has 2 aromatic rings. The third-order valence-electron chi connectivity index (χ3n) is 5.63. The number of aromatic nitrogens is 1. The van der Waals surface area contributed by atoms with Crippen molar-refractivity contribution in [2.24, 2.45) is 15.4 Å². The van der Waals surface area contributed by atoms with E-state index >= 15 is 0 Å². The topological polar surface area (TPSA) is 37.6 Å². The smallest absolute Gasteiger partial charge is 0.0849 e. The first kappa shape index (κ1) is 27.3. The molecule has 0 fully saturated rings. The summed E-state index contributed by atoms with van der Waals surface area (Å²) < 4.78 is 0. The van der Waals surface area contributed by atoms with Gasteiger partial charge in [-0.2, -0.15) is 0 Å². The van der Waals surface area contributed by atoms with E-state index in [0.717, 1.165) is 28.5 Å². The predicted octanol–water partition coefficient (Wildman–Crippen LogP) is 7.52. The second kappa shape index (κ2) is 11.2. The van der Waals surface area contributed by atoms with Gasteiger partial charge in [0.25, 0.3) is 0 Å². The maximum atomic E-state index is 5.08. The molecule has 4 heteroatoms. The van der Waals surface area contributed by atoms with Gasteiger partial charge in [0.15, 0.2) is 0 Å². The number of benzene rings is 1. The fourth-order valence-corrected chi connectivity index (χ4v) is 3.23. The van der Waals surface area contributed by atoms with E-state index in [-0.39, 0.29) is 28.2 Å². The fourth-order valence-electron chi connectivity index (χ4n) is 3.23.